The number of aryl methyl sites for hydroxylation is 1. The molecule has 0 spiro atoms. The second kappa shape index (κ2) is 7.59. The molecule has 0 saturated carbocycles. The van der Waals surface area contributed by atoms with Gasteiger partial charge in [0, 0.05) is 38.6 Å². The second-order valence-electron chi connectivity index (χ2n) is 6.35. The van der Waals surface area contributed by atoms with Crippen molar-refractivity contribution in [2.24, 2.45) is 11.8 Å². The largest absolute Gasteiger partial charge is 0.365 e. The van der Waals surface area contributed by atoms with E-state index in [0.29, 0.717) is 12.4 Å². The lowest BCUT2D eigenvalue weighted by molar-refractivity contribution is 0.141. The Balaban J connectivity index is 1.76. The minimum absolute atomic E-state index is 0.0276. The van der Waals surface area contributed by atoms with Crippen molar-refractivity contribution in [3.05, 3.63) is 22.7 Å². The Labute approximate surface area is 127 Å². The molecule has 2 heterocycles. The molecule has 1 aliphatic heterocycles. The fourth-order valence-corrected chi connectivity index (χ4v) is 3.30. The molecule has 21 heavy (non-hydrogen) atoms. The fourth-order valence-electron chi connectivity index (χ4n) is 3.30. The van der Waals surface area contributed by atoms with Crippen LogP contribution < -0.4 is 10.9 Å². The third-order valence-corrected chi connectivity index (χ3v) is 4.14. The average molecular weight is 292 g/mol. The number of hydrogen-bond donors (Lipinski definition) is 1. The SMILES string of the molecule is CCn1ccnc(NCCCN2CC(C)CC(C)C2)c1=O. The lowest BCUT2D eigenvalue weighted by Crippen LogP contribution is -2.39. The molecule has 1 N–H and O–H groups in total. The van der Waals surface area contributed by atoms with Crippen molar-refractivity contribution in [1.82, 2.24) is 14.5 Å². The molecule has 0 amide bonds. The molecule has 0 aliphatic carbocycles. The first-order valence-corrected chi connectivity index (χ1v) is 8.11. The van der Waals surface area contributed by atoms with Gasteiger partial charge < -0.3 is 14.8 Å². The van der Waals surface area contributed by atoms with E-state index in [1.165, 1.54) is 19.5 Å². The van der Waals surface area contributed by atoms with Gasteiger partial charge in [-0.05, 0) is 38.1 Å². The van der Waals surface area contributed by atoms with E-state index in [1.807, 2.05) is 6.92 Å². The van der Waals surface area contributed by atoms with Gasteiger partial charge in [0.25, 0.3) is 5.56 Å². The molecule has 2 rings (SSSR count). The van der Waals surface area contributed by atoms with Crippen molar-refractivity contribution in [2.45, 2.75) is 40.2 Å². The average Bonchev–Trinajstić information content (AvgIpc) is 2.44. The minimum Gasteiger partial charge on any atom is -0.365 e. The Bertz CT molecular complexity index is 489. The van der Waals surface area contributed by atoms with Gasteiger partial charge in [-0.15, -0.1) is 0 Å². The Morgan fingerprint density at radius 3 is 2.71 bits per heavy atom. The molecule has 1 saturated heterocycles. The van der Waals surface area contributed by atoms with Crippen LogP contribution >= 0.6 is 0 Å². The third kappa shape index (κ3) is 4.56. The van der Waals surface area contributed by atoms with Crippen LogP contribution in [-0.4, -0.2) is 40.6 Å². The summed E-state index contributed by atoms with van der Waals surface area (Å²) in [5, 5.41) is 3.18. The van der Waals surface area contributed by atoms with Crippen LogP contribution in [0.1, 0.15) is 33.6 Å². The van der Waals surface area contributed by atoms with Crippen molar-refractivity contribution < 1.29 is 0 Å². The number of rotatable bonds is 6. The molecular weight excluding hydrogens is 264 g/mol. The Morgan fingerprint density at radius 2 is 2.05 bits per heavy atom. The molecule has 5 nitrogen and oxygen atoms in total. The van der Waals surface area contributed by atoms with Crippen molar-refractivity contribution in [2.75, 3.05) is 31.5 Å². The van der Waals surface area contributed by atoms with Gasteiger partial charge in [-0.2, -0.15) is 0 Å². The predicted octanol–water partition coefficient (Wildman–Crippen LogP) is 2.04. The molecule has 1 fully saturated rings. The van der Waals surface area contributed by atoms with E-state index in [9.17, 15) is 4.79 Å². The Hall–Kier alpha value is -1.36. The smallest absolute Gasteiger partial charge is 0.293 e. The summed E-state index contributed by atoms with van der Waals surface area (Å²) in [6.45, 7) is 11.6. The first-order valence-electron chi connectivity index (χ1n) is 8.11. The van der Waals surface area contributed by atoms with E-state index in [4.69, 9.17) is 0 Å². The third-order valence-electron chi connectivity index (χ3n) is 4.14. The molecule has 1 aromatic rings. The summed E-state index contributed by atoms with van der Waals surface area (Å²) < 4.78 is 1.67. The number of likely N-dealkylation sites (tertiary alicyclic amines) is 1. The molecule has 0 radical (unpaired) electrons. The number of nitrogens with zero attached hydrogens (tertiary/aromatic N) is 3. The van der Waals surface area contributed by atoms with Gasteiger partial charge >= 0.3 is 0 Å². The quantitative estimate of drug-likeness (QED) is 0.815. The highest BCUT2D eigenvalue weighted by atomic mass is 16.1. The molecule has 0 aromatic carbocycles. The summed E-state index contributed by atoms with van der Waals surface area (Å²) in [7, 11) is 0. The highest BCUT2D eigenvalue weighted by Crippen LogP contribution is 2.20. The van der Waals surface area contributed by atoms with Crippen LogP contribution in [-0.2, 0) is 6.54 Å². The van der Waals surface area contributed by atoms with Crippen molar-refractivity contribution in [3.63, 3.8) is 0 Å². The van der Waals surface area contributed by atoms with Crippen molar-refractivity contribution >= 4 is 5.82 Å². The zero-order valence-corrected chi connectivity index (χ0v) is 13.5. The summed E-state index contributed by atoms with van der Waals surface area (Å²) >= 11 is 0. The number of hydrogen-bond acceptors (Lipinski definition) is 4. The first kappa shape index (κ1) is 16.0. The van der Waals surface area contributed by atoms with Crippen LogP contribution in [0.15, 0.2) is 17.2 Å². The molecule has 2 atom stereocenters. The summed E-state index contributed by atoms with van der Waals surface area (Å²) in [6.07, 6.45) is 5.80. The maximum atomic E-state index is 12.0. The molecule has 1 aliphatic rings. The maximum absolute atomic E-state index is 12.0. The number of nitrogens with one attached hydrogen (secondary N) is 1. The number of anilines is 1. The molecule has 2 unspecified atom stereocenters. The topological polar surface area (TPSA) is 50.2 Å². The van der Waals surface area contributed by atoms with Gasteiger partial charge in [-0.1, -0.05) is 13.8 Å². The van der Waals surface area contributed by atoms with Gasteiger partial charge in [-0.25, -0.2) is 4.98 Å². The van der Waals surface area contributed by atoms with Crippen LogP contribution in [0.4, 0.5) is 5.82 Å². The van der Waals surface area contributed by atoms with Gasteiger partial charge in [0.15, 0.2) is 5.82 Å². The monoisotopic (exact) mass is 292 g/mol. The number of aromatic nitrogens is 2. The van der Waals surface area contributed by atoms with Gasteiger partial charge in [0.2, 0.25) is 0 Å². The van der Waals surface area contributed by atoms with Crippen LogP contribution in [0, 0.1) is 11.8 Å². The highest BCUT2D eigenvalue weighted by Gasteiger charge is 2.20. The second-order valence-corrected chi connectivity index (χ2v) is 6.35. The molecule has 118 valence electrons. The molecular formula is C16H28N4O. The van der Waals surface area contributed by atoms with E-state index in [1.54, 1.807) is 17.0 Å². The van der Waals surface area contributed by atoms with Crippen molar-refractivity contribution in [1.29, 1.82) is 0 Å². The highest BCUT2D eigenvalue weighted by molar-refractivity contribution is 5.30. The zero-order chi connectivity index (χ0) is 15.2. The van der Waals surface area contributed by atoms with Crippen LogP contribution in [0.5, 0.6) is 0 Å². The van der Waals surface area contributed by atoms with E-state index < -0.39 is 0 Å². The summed E-state index contributed by atoms with van der Waals surface area (Å²) in [6, 6.07) is 0. The first-order chi connectivity index (χ1) is 10.1. The van der Waals surface area contributed by atoms with Gasteiger partial charge in [0.1, 0.15) is 0 Å². The normalized spacial score (nSPS) is 23.2. The number of piperidine rings is 1. The summed E-state index contributed by atoms with van der Waals surface area (Å²) in [5.41, 5.74) is -0.0276. The lowest BCUT2D eigenvalue weighted by Gasteiger charge is -2.34. The Morgan fingerprint density at radius 1 is 1.33 bits per heavy atom. The van der Waals surface area contributed by atoms with Crippen LogP contribution in [0.3, 0.4) is 0 Å². The van der Waals surface area contributed by atoms with E-state index >= 15 is 0 Å². The van der Waals surface area contributed by atoms with Crippen LogP contribution in [0.2, 0.25) is 0 Å². The Kier molecular flexibility index (Phi) is 5.79. The molecule has 0 bridgehead atoms. The summed E-state index contributed by atoms with van der Waals surface area (Å²) in [5.74, 6) is 2.07. The van der Waals surface area contributed by atoms with Gasteiger partial charge in [0.05, 0.1) is 0 Å². The lowest BCUT2D eigenvalue weighted by atomic mass is 9.92. The van der Waals surface area contributed by atoms with Crippen LogP contribution in [0.25, 0.3) is 0 Å². The van der Waals surface area contributed by atoms with Crippen molar-refractivity contribution in [3.8, 4) is 0 Å². The fraction of sp³-hybridized carbons (Fsp3) is 0.750. The standard InChI is InChI=1S/C16H28N4O/c1-4-20-9-7-18-15(16(20)21)17-6-5-8-19-11-13(2)10-14(3)12-19/h7,9,13-14H,4-6,8,10-12H2,1-3H3,(H,17,18). The van der Waals surface area contributed by atoms with Gasteiger partial charge in [-0.3, -0.25) is 4.79 Å². The van der Waals surface area contributed by atoms with E-state index in [2.05, 4.69) is 29.0 Å². The van der Waals surface area contributed by atoms with E-state index in [0.717, 1.165) is 31.3 Å². The predicted molar refractivity (Wildman–Crippen MR) is 86.7 cm³/mol. The maximum Gasteiger partial charge on any atom is 0.293 e. The zero-order valence-electron chi connectivity index (χ0n) is 13.5. The summed E-state index contributed by atoms with van der Waals surface area (Å²) in [4.78, 5) is 18.7. The molecule has 1 aromatic heterocycles. The minimum atomic E-state index is -0.0276. The molecule has 5 heteroatoms. The van der Waals surface area contributed by atoms with E-state index in [-0.39, 0.29) is 5.56 Å².